The number of amides is 1. The average Bonchev–Trinajstić information content (AvgIpc) is 2.04. The maximum absolute atomic E-state index is 10.6. The monoisotopic (exact) mass is 239 g/mol. The molecule has 0 aliphatic rings. The van der Waals surface area contributed by atoms with Crippen molar-refractivity contribution in [2.45, 2.75) is 0 Å². The number of nitrogens with one attached hydrogen (secondary N) is 1. The van der Waals surface area contributed by atoms with Crippen LogP contribution < -0.4 is 56.7 Å². The second kappa shape index (κ2) is 5.96. The van der Waals surface area contributed by atoms with Crippen LogP contribution in [0.4, 0.5) is 10.5 Å². The van der Waals surface area contributed by atoms with Crippen molar-refractivity contribution in [3.8, 4) is 0 Å². The molecule has 0 heterocycles. The van der Waals surface area contributed by atoms with Gasteiger partial charge in [-0.05, 0) is 12.1 Å². The van der Waals surface area contributed by atoms with Crippen LogP contribution in [0.3, 0.4) is 0 Å². The van der Waals surface area contributed by atoms with Gasteiger partial charge in [-0.15, -0.1) is 0 Å². The Morgan fingerprint density at radius 2 is 1.71 bits per heavy atom. The van der Waals surface area contributed by atoms with Gasteiger partial charge in [-0.25, -0.2) is 8.42 Å². The summed E-state index contributed by atoms with van der Waals surface area (Å²) in [6.07, 6.45) is 0. The Bertz CT molecular complexity index is 403. The molecule has 0 aliphatic heterocycles. The average molecular weight is 239 g/mol. The number of para-hydroxylation sites is 1. The first-order valence-corrected chi connectivity index (χ1v) is 4.73. The first kappa shape index (κ1) is 14.2. The first-order chi connectivity index (χ1) is 6.00. The maximum Gasteiger partial charge on any atom is 1.00 e. The Morgan fingerprint density at radius 1 is 1.21 bits per heavy atom. The molecule has 0 spiro atoms. The molecule has 0 fully saturated rings. The van der Waals surface area contributed by atoms with Crippen LogP contribution in [-0.4, -0.2) is 18.2 Å². The Morgan fingerprint density at radius 3 is 2.14 bits per heavy atom. The molecule has 5 nitrogen and oxygen atoms in total. The Hall–Kier alpha value is 0.236. The molecule has 0 atom stereocenters. The summed E-state index contributed by atoms with van der Waals surface area (Å²) in [4.78, 5) is 10.6. The summed E-state index contributed by atoms with van der Waals surface area (Å²) < 4.78 is 30.5. The van der Waals surface area contributed by atoms with E-state index in [2.05, 4.69) is 0 Å². The third kappa shape index (κ3) is 4.65. The minimum Gasteiger partial charge on any atom is -0.740 e. The van der Waals surface area contributed by atoms with Crippen molar-refractivity contribution in [2.75, 3.05) is 5.32 Å². The number of anilines is 1. The van der Waals surface area contributed by atoms with Gasteiger partial charge < -0.3 is 9.87 Å². The number of hydrogen-bond acceptors (Lipinski definition) is 4. The van der Waals surface area contributed by atoms with E-state index in [0.717, 1.165) is 0 Å². The topological polar surface area (TPSA) is 86.3 Å². The predicted molar refractivity (Wildman–Crippen MR) is 45.2 cm³/mol. The van der Waals surface area contributed by atoms with E-state index >= 15 is 0 Å². The molecular formula is C7H6KNO4S. The van der Waals surface area contributed by atoms with Gasteiger partial charge in [0.05, 0.1) is 0 Å². The third-order valence-electron chi connectivity index (χ3n) is 1.25. The van der Waals surface area contributed by atoms with E-state index in [1.807, 2.05) is 5.32 Å². The van der Waals surface area contributed by atoms with Crippen LogP contribution >= 0.6 is 0 Å². The maximum atomic E-state index is 10.6. The van der Waals surface area contributed by atoms with Gasteiger partial charge in [0.25, 0.3) is 0 Å². The Balaban J connectivity index is 0.00000169. The number of carbonyl (C=O) groups is 1. The van der Waals surface area contributed by atoms with Crippen LogP contribution in [0.1, 0.15) is 0 Å². The molecule has 70 valence electrons. The van der Waals surface area contributed by atoms with Crippen molar-refractivity contribution in [1.82, 2.24) is 0 Å². The van der Waals surface area contributed by atoms with Crippen molar-refractivity contribution in [3.05, 3.63) is 30.3 Å². The van der Waals surface area contributed by atoms with Crippen LogP contribution in [0, 0.1) is 0 Å². The quantitative estimate of drug-likeness (QED) is 0.444. The second-order valence-electron chi connectivity index (χ2n) is 2.23. The number of rotatable bonds is 1. The number of benzene rings is 1. The molecule has 14 heavy (non-hydrogen) atoms. The molecule has 0 saturated carbocycles. The molecule has 1 amide bonds. The van der Waals surface area contributed by atoms with E-state index in [1.54, 1.807) is 18.2 Å². The number of hydrogen-bond donors (Lipinski definition) is 1. The van der Waals surface area contributed by atoms with Crippen molar-refractivity contribution in [3.63, 3.8) is 0 Å². The predicted octanol–water partition coefficient (Wildman–Crippen LogP) is -2.23. The van der Waals surface area contributed by atoms with E-state index in [-0.39, 0.29) is 57.1 Å². The smallest absolute Gasteiger partial charge is 0.740 e. The summed E-state index contributed by atoms with van der Waals surface area (Å²) >= 11 is 0. The SMILES string of the molecule is O=C(Nc1ccccc1)S(=O)(=O)[O-].[K+]. The van der Waals surface area contributed by atoms with Gasteiger partial charge in [0.15, 0.2) is 10.1 Å². The summed E-state index contributed by atoms with van der Waals surface area (Å²) in [5.74, 6) is 0. The molecule has 0 radical (unpaired) electrons. The van der Waals surface area contributed by atoms with Crippen LogP contribution in [-0.2, 0) is 10.1 Å². The fraction of sp³-hybridized carbons (Fsp3) is 0. The largest absolute Gasteiger partial charge is 1.00 e. The van der Waals surface area contributed by atoms with E-state index < -0.39 is 15.4 Å². The van der Waals surface area contributed by atoms with Crippen molar-refractivity contribution < 1.29 is 69.1 Å². The molecule has 1 N–H and O–H groups in total. The minimum atomic E-state index is -4.90. The fourth-order valence-electron chi connectivity index (χ4n) is 0.702. The van der Waals surface area contributed by atoms with Gasteiger partial charge in [-0.1, -0.05) is 18.2 Å². The van der Waals surface area contributed by atoms with Crippen LogP contribution in [0.5, 0.6) is 0 Å². The van der Waals surface area contributed by atoms with Crippen molar-refractivity contribution >= 4 is 21.0 Å². The Labute approximate surface area is 124 Å². The van der Waals surface area contributed by atoms with Crippen LogP contribution in [0.2, 0.25) is 0 Å². The zero-order valence-electron chi connectivity index (χ0n) is 7.43. The van der Waals surface area contributed by atoms with Crippen molar-refractivity contribution in [1.29, 1.82) is 0 Å². The first-order valence-electron chi connectivity index (χ1n) is 3.32. The van der Waals surface area contributed by atoms with Crippen LogP contribution in [0.25, 0.3) is 0 Å². The molecule has 0 bridgehead atoms. The van der Waals surface area contributed by atoms with Crippen molar-refractivity contribution in [2.24, 2.45) is 0 Å². The molecule has 1 rings (SSSR count). The molecule has 0 aromatic heterocycles. The van der Waals surface area contributed by atoms with Gasteiger partial charge in [-0.3, -0.25) is 4.79 Å². The van der Waals surface area contributed by atoms with E-state index in [9.17, 15) is 17.8 Å². The molecule has 1 aromatic rings. The molecule has 0 saturated heterocycles. The fourth-order valence-corrected chi connectivity index (χ4v) is 0.945. The van der Waals surface area contributed by atoms with Gasteiger partial charge >= 0.3 is 56.6 Å². The molecule has 1 aromatic carbocycles. The normalized spacial score (nSPS) is 10.1. The standard InChI is InChI=1S/C7H7NO4S.K/c9-7(13(10,11)12)8-6-4-2-1-3-5-6;/h1-5H,(H,8,9)(H,10,11,12);/q;+1/p-1. The van der Waals surface area contributed by atoms with E-state index in [1.165, 1.54) is 12.1 Å². The van der Waals surface area contributed by atoms with Gasteiger partial charge in [0.2, 0.25) is 0 Å². The molecular weight excluding hydrogens is 233 g/mol. The molecule has 7 heteroatoms. The van der Waals surface area contributed by atoms with Crippen LogP contribution in [0.15, 0.2) is 30.3 Å². The number of carbonyl (C=O) groups excluding carboxylic acids is 1. The summed E-state index contributed by atoms with van der Waals surface area (Å²) in [5.41, 5.74) is 0.270. The van der Waals surface area contributed by atoms with Gasteiger partial charge in [-0.2, -0.15) is 0 Å². The summed E-state index contributed by atoms with van der Waals surface area (Å²) in [6.45, 7) is 0. The zero-order valence-corrected chi connectivity index (χ0v) is 11.4. The summed E-state index contributed by atoms with van der Waals surface area (Å²) in [6, 6.07) is 7.85. The van der Waals surface area contributed by atoms with E-state index in [4.69, 9.17) is 0 Å². The minimum absolute atomic E-state index is 0. The summed E-state index contributed by atoms with van der Waals surface area (Å²) in [5, 5.41) is 0.400. The second-order valence-corrected chi connectivity index (χ2v) is 3.51. The van der Waals surface area contributed by atoms with E-state index in [0.29, 0.717) is 0 Å². The Kier molecular flexibility index (Phi) is 6.06. The molecule has 0 aliphatic carbocycles. The summed E-state index contributed by atoms with van der Waals surface area (Å²) in [7, 11) is -4.90. The third-order valence-corrected chi connectivity index (χ3v) is 1.80. The van der Waals surface area contributed by atoms with Gasteiger partial charge in [0.1, 0.15) is 0 Å². The molecule has 0 unspecified atom stereocenters. The zero-order chi connectivity index (χ0) is 9.90. The van der Waals surface area contributed by atoms with Gasteiger partial charge in [0, 0.05) is 5.69 Å².